The molecule has 3 aromatic rings. The molecular weight excluding hydrogens is 482 g/mol. The number of likely N-dealkylation sites (N-methyl/N-ethyl adjacent to an activating group) is 1. The molecule has 38 heavy (non-hydrogen) atoms. The van der Waals surface area contributed by atoms with E-state index in [4.69, 9.17) is 9.15 Å². The Bertz CT molecular complexity index is 1330. The van der Waals surface area contributed by atoms with Crippen molar-refractivity contribution < 1.29 is 18.7 Å². The second-order valence-corrected chi connectivity index (χ2v) is 10.0. The van der Waals surface area contributed by atoms with Gasteiger partial charge in [0.1, 0.15) is 17.2 Å². The van der Waals surface area contributed by atoms with E-state index in [1.165, 1.54) is 0 Å². The van der Waals surface area contributed by atoms with Crippen LogP contribution >= 0.6 is 0 Å². The van der Waals surface area contributed by atoms with E-state index in [1.54, 1.807) is 30.3 Å². The molecule has 0 bridgehead atoms. The van der Waals surface area contributed by atoms with Gasteiger partial charge in [-0.2, -0.15) is 0 Å². The van der Waals surface area contributed by atoms with Crippen LogP contribution in [0.2, 0.25) is 0 Å². The molecule has 1 N–H and O–H groups in total. The number of amides is 2. The second-order valence-electron chi connectivity index (χ2n) is 10.0. The first-order chi connectivity index (χ1) is 18.5. The Morgan fingerprint density at radius 2 is 1.95 bits per heavy atom. The number of carbonyl (C=O) groups is 2. The molecule has 1 aromatic carbocycles. The van der Waals surface area contributed by atoms with Crippen molar-refractivity contribution in [2.75, 3.05) is 58.3 Å². The largest absolute Gasteiger partial charge is 0.459 e. The molecule has 2 aliphatic heterocycles. The van der Waals surface area contributed by atoms with Crippen molar-refractivity contribution in [2.45, 2.75) is 26.4 Å². The predicted octanol–water partition coefficient (Wildman–Crippen LogP) is 3.28. The number of nitrogens with one attached hydrogen (secondary N) is 1. The number of carbonyl (C=O) groups excluding carboxylic acids is 2. The Labute approximate surface area is 223 Å². The Balaban J connectivity index is 1.20. The van der Waals surface area contributed by atoms with Crippen LogP contribution in [0.3, 0.4) is 0 Å². The molecule has 1 saturated heterocycles. The lowest BCUT2D eigenvalue weighted by Crippen LogP contribution is -2.38. The number of ether oxygens (including phenoxy) is 1. The van der Waals surface area contributed by atoms with E-state index in [0.717, 1.165) is 79.2 Å². The van der Waals surface area contributed by atoms with Gasteiger partial charge < -0.3 is 19.4 Å². The summed E-state index contributed by atoms with van der Waals surface area (Å²) in [5.74, 6) is 1.19. The van der Waals surface area contributed by atoms with Crippen LogP contribution in [-0.2, 0) is 27.4 Å². The number of hydrogen-bond acceptors (Lipinski definition) is 7. The number of furan rings is 1. The molecule has 0 spiro atoms. The van der Waals surface area contributed by atoms with E-state index in [-0.39, 0.29) is 11.8 Å². The average molecular weight is 518 g/mol. The maximum Gasteiger partial charge on any atom is 0.246 e. The number of nitrogens with zero attached hydrogens (tertiary/aromatic N) is 4. The average Bonchev–Trinajstić information content (AvgIpc) is 3.13. The van der Waals surface area contributed by atoms with Gasteiger partial charge in [0.2, 0.25) is 11.8 Å². The summed E-state index contributed by atoms with van der Waals surface area (Å²) in [7, 11) is 1.76. The Hall–Kier alpha value is -3.53. The molecule has 0 atom stereocenters. The van der Waals surface area contributed by atoms with Crippen molar-refractivity contribution in [2.24, 2.45) is 0 Å². The van der Waals surface area contributed by atoms with E-state index in [2.05, 4.69) is 20.1 Å². The molecule has 2 aliphatic rings. The Kier molecular flexibility index (Phi) is 8.17. The standard InChI is InChI=1S/C29H35N5O4/c1-21-24-6-3-4-7-25(24)38-26(21)19-32(2)28(36)9-8-22-16-23-18-34(20-27(35)31-29(23)30-17-22)11-5-10-33-12-14-37-15-13-33/h3-4,6-9,16-17H,5,10-15,18-20H2,1-2H3,(H,30,31,35). The minimum Gasteiger partial charge on any atom is -0.459 e. The van der Waals surface area contributed by atoms with Crippen LogP contribution in [-0.4, -0.2) is 84.5 Å². The molecule has 5 rings (SSSR count). The number of anilines is 1. The fraction of sp³-hybridized carbons (Fsp3) is 0.414. The van der Waals surface area contributed by atoms with E-state index in [0.29, 0.717) is 25.5 Å². The van der Waals surface area contributed by atoms with Crippen LogP contribution in [0.15, 0.2) is 47.0 Å². The van der Waals surface area contributed by atoms with Crippen molar-refractivity contribution in [1.82, 2.24) is 19.7 Å². The van der Waals surface area contributed by atoms with Gasteiger partial charge in [0.15, 0.2) is 0 Å². The van der Waals surface area contributed by atoms with Crippen molar-refractivity contribution in [3.8, 4) is 0 Å². The zero-order chi connectivity index (χ0) is 26.5. The summed E-state index contributed by atoms with van der Waals surface area (Å²) in [5, 5.41) is 3.98. The van der Waals surface area contributed by atoms with Crippen molar-refractivity contribution >= 4 is 34.7 Å². The van der Waals surface area contributed by atoms with Gasteiger partial charge in [-0.1, -0.05) is 18.2 Å². The van der Waals surface area contributed by atoms with Gasteiger partial charge in [0.05, 0.1) is 26.3 Å². The van der Waals surface area contributed by atoms with Crippen LogP contribution < -0.4 is 5.32 Å². The first-order valence-corrected chi connectivity index (χ1v) is 13.2. The topological polar surface area (TPSA) is 91.2 Å². The predicted molar refractivity (Wildman–Crippen MR) is 146 cm³/mol. The fourth-order valence-corrected chi connectivity index (χ4v) is 4.99. The third-order valence-electron chi connectivity index (χ3n) is 7.18. The van der Waals surface area contributed by atoms with Gasteiger partial charge in [0, 0.05) is 62.0 Å². The molecule has 2 aromatic heterocycles. The quantitative estimate of drug-likeness (QED) is 0.459. The first-order valence-electron chi connectivity index (χ1n) is 13.2. The summed E-state index contributed by atoms with van der Waals surface area (Å²) >= 11 is 0. The third kappa shape index (κ3) is 6.30. The van der Waals surface area contributed by atoms with Crippen LogP contribution in [0.5, 0.6) is 0 Å². The van der Waals surface area contributed by atoms with Crippen molar-refractivity contribution in [1.29, 1.82) is 0 Å². The molecule has 1 fully saturated rings. The van der Waals surface area contributed by atoms with Gasteiger partial charge in [-0.15, -0.1) is 0 Å². The number of pyridine rings is 1. The number of benzene rings is 1. The lowest BCUT2D eigenvalue weighted by Gasteiger charge is -2.27. The summed E-state index contributed by atoms with van der Waals surface area (Å²) in [4.78, 5) is 35.9. The lowest BCUT2D eigenvalue weighted by atomic mass is 10.1. The van der Waals surface area contributed by atoms with E-state index >= 15 is 0 Å². The lowest BCUT2D eigenvalue weighted by molar-refractivity contribution is -0.125. The number of aryl methyl sites for hydroxylation is 1. The Morgan fingerprint density at radius 1 is 1.16 bits per heavy atom. The zero-order valence-electron chi connectivity index (χ0n) is 22.1. The summed E-state index contributed by atoms with van der Waals surface area (Å²) in [5.41, 5.74) is 3.64. The fourth-order valence-electron chi connectivity index (χ4n) is 4.99. The number of rotatable bonds is 8. The number of morpholine rings is 1. The molecule has 200 valence electrons. The van der Waals surface area contributed by atoms with Crippen LogP contribution in [0.4, 0.5) is 5.82 Å². The van der Waals surface area contributed by atoms with Crippen LogP contribution in [0.25, 0.3) is 17.0 Å². The third-order valence-corrected chi connectivity index (χ3v) is 7.18. The maximum absolute atomic E-state index is 12.8. The monoisotopic (exact) mass is 517 g/mol. The summed E-state index contributed by atoms with van der Waals surface area (Å²) in [6.45, 7) is 8.72. The number of para-hydroxylation sites is 1. The molecular formula is C29H35N5O4. The Morgan fingerprint density at radius 3 is 2.76 bits per heavy atom. The van der Waals surface area contributed by atoms with Gasteiger partial charge in [0.25, 0.3) is 0 Å². The normalized spacial score (nSPS) is 16.9. The van der Waals surface area contributed by atoms with E-state index < -0.39 is 0 Å². The first kappa shape index (κ1) is 26.1. The molecule has 4 heterocycles. The molecule has 0 aliphatic carbocycles. The second kappa shape index (κ2) is 11.9. The van der Waals surface area contributed by atoms with Crippen molar-refractivity contribution in [3.63, 3.8) is 0 Å². The molecule has 2 amide bonds. The van der Waals surface area contributed by atoms with Gasteiger partial charge in [-0.25, -0.2) is 4.98 Å². The molecule has 9 nitrogen and oxygen atoms in total. The number of aromatic nitrogens is 1. The summed E-state index contributed by atoms with van der Waals surface area (Å²) in [6.07, 6.45) is 5.99. The highest BCUT2D eigenvalue weighted by Crippen LogP contribution is 2.26. The minimum atomic E-state index is -0.127. The highest BCUT2D eigenvalue weighted by atomic mass is 16.5. The van der Waals surface area contributed by atoms with Gasteiger partial charge in [-0.3, -0.25) is 19.4 Å². The van der Waals surface area contributed by atoms with Crippen LogP contribution in [0.1, 0.15) is 28.9 Å². The SMILES string of the molecule is Cc1c(CN(C)C(=O)C=Cc2cnc3c(c2)CN(CCCN2CCOCC2)CC(=O)N3)oc2ccccc12. The van der Waals surface area contributed by atoms with E-state index in [9.17, 15) is 9.59 Å². The van der Waals surface area contributed by atoms with Gasteiger partial charge >= 0.3 is 0 Å². The maximum atomic E-state index is 12.8. The smallest absolute Gasteiger partial charge is 0.246 e. The van der Waals surface area contributed by atoms with E-state index in [1.807, 2.05) is 37.3 Å². The summed E-state index contributed by atoms with van der Waals surface area (Å²) < 4.78 is 11.4. The minimum absolute atomic E-state index is 0.0522. The van der Waals surface area contributed by atoms with Crippen LogP contribution in [0, 0.1) is 6.92 Å². The highest BCUT2D eigenvalue weighted by Gasteiger charge is 2.21. The van der Waals surface area contributed by atoms with Crippen molar-refractivity contribution in [3.05, 3.63) is 65.1 Å². The molecule has 0 radical (unpaired) electrons. The number of hydrogen-bond donors (Lipinski definition) is 1. The molecule has 9 heteroatoms. The summed E-state index contributed by atoms with van der Waals surface area (Å²) in [6, 6.07) is 9.88. The van der Waals surface area contributed by atoms with Gasteiger partial charge in [-0.05, 0) is 43.7 Å². The zero-order valence-corrected chi connectivity index (χ0v) is 22.1. The molecule has 0 unspecified atom stereocenters. The molecule has 0 saturated carbocycles. The number of fused-ring (bicyclic) bond motifs is 2. The highest BCUT2D eigenvalue weighted by molar-refractivity contribution is 5.93.